The number of hydrogen-bond acceptors (Lipinski definition) is 7. The van der Waals surface area contributed by atoms with Crippen molar-refractivity contribution in [1.29, 1.82) is 0 Å². The number of ether oxygens (including phenoxy) is 3. The fraction of sp³-hybridized carbons (Fsp3) is 0.115. The van der Waals surface area contributed by atoms with Crippen LogP contribution in [0, 0.1) is 0 Å². The summed E-state index contributed by atoms with van der Waals surface area (Å²) >= 11 is 5.88. The molecule has 0 N–H and O–H groups in total. The van der Waals surface area contributed by atoms with Crippen LogP contribution in [0.15, 0.2) is 82.3 Å². The first-order chi connectivity index (χ1) is 16.5. The second-order valence-corrected chi connectivity index (χ2v) is 7.60. The van der Waals surface area contributed by atoms with Crippen molar-refractivity contribution in [3.63, 3.8) is 0 Å². The third kappa shape index (κ3) is 4.94. The third-order valence-corrected chi connectivity index (χ3v) is 5.32. The molecule has 0 spiro atoms. The summed E-state index contributed by atoms with van der Waals surface area (Å²) in [6, 6.07) is 17.4. The zero-order valence-corrected chi connectivity index (χ0v) is 19.2. The molecule has 0 amide bonds. The largest absolute Gasteiger partial charge is 0.503 e. The first-order valence-electron chi connectivity index (χ1n) is 10.2. The lowest BCUT2D eigenvalue weighted by molar-refractivity contribution is -0.133. The standard InChI is InChI=1S/C26H20ClNO6/c1-31-15-22(26(30)32-2)19-6-4-3-5-17(19)14-33-18-8-9-20-21(12-25(29)34-23(20)11-18)16-7-10-24(27)28-13-16/h3-13,15H,14H2,1-2H3/b22-15+. The highest BCUT2D eigenvalue weighted by atomic mass is 35.5. The van der Waals surface area contributed by atoms with Crippen molar-refractivity contribution in [2.24, 2.45) is 0 Å². The van der Waals surface area contributed by atoms with Crippen LogP contribution in [0.1, 0.15) is 11.1 Å². The Kier molecular flexibility index (Phi) is 6.94. The van der Waals surface area contributed by atoms with Crippen LogP contribution < -0.4 is 10.4 Å². The van der Waals surface area contributed by atoms with Crippen molar-refractivity contribution < 1.29 is 23.4 Å². The quantitative estimate of drug-likeness (QED) is 0.118. The average Bonchev–Trinajstić information content (AvgIpc) is 2.85. The minimum atomic E-state index is -0.522. The van der Waals surface area contributed by atoms with Crippen molar-refractivity contribution in [1.82, 2.24) is 4.98 Å². The Labute approximate surface area is 200 Å². The molecule has 0 fully saturated rings. The average molecular weight is 478 g/mol. The molecule has 0 aliphatic heterocycles. The molecule has 4 rings (SSSR count). The molecule has 172 valence electrons. The predicted molar refractivity (Wildman–Crippen MR) is 129 cm³/mol. The Hall–Kier alpha value is -4.10. The van der Waals surface area contributed by atoms with E-state index in [9.17, 15) is 9.59 Å². The highest BCUT2D eigenvalue weighted by Gasteiger charge is 2.17. The second kappa shape index (κ2) is 10.2. The minimum absolute atomic E-state index is 0.157. The SMILES string of the molecule is CO/C=C(/C(=O)OC)c1ccccc1COc1ccc2c(-c3ccc(Cl)nc3)cc(=O)oc2c1. The van der Waals surface area contributed by atoms with Gasteiger partial charge in [0.25, 0.3) is 0 Å². The number of pyridine rings is 1. The van der Waals surface area contributed by atoms with Crippen molar-refractivity contribution in [2.45, 2.75) is 6.61 Å². The predicted octanol–water partition coefficient (Wildman–Crippen LogP) is 5.25. The molecule has 0 saturated heterocycles. The molecular formula is C26H20ClNO6. The number of hydrogen-bond donors (Lipinski definition) is 0. The number of carbonyl (C=O) groups excluding carboxylic acids is 1. The summed E-state index contributed by atoms with van der Waals surface area (Å²) in [5.74, 6) is -0.0295. The monoisotopic (exact) mass is 477 g/mol. The number of fused-ring (bicyclic) bond motifs is 1. The van der Waals surface area contributed by atoms with Gasteiger partial charge in [0.2, 0.25) is 0 Å². The molecule has 4 aromatic rings. The Morgan fingerprint density at radius 2 is 1.91 bits per heavy atom. The molecule has 0 radical (unpaired) electrons. The van der Waals surface area contributed by atoms with Gasteiger partial charge in [-0.25, -0.2) is 14.6 Å². The molecule has 0 atom stereocenters. The maximum Gasteiger partial charge on any atom is 0.341 e. The van der Waals surface area contributed by atoms with E-state index >= 15 is 0 Å². The fourth-order valence-corrected chi connectivity index (χ4v) is 3.64. The summed E-state index contributed by atoms with van der Waals surface area (Å²) in [6.45, 7) is 0.157. The van der Waals surface area contributed by atoms with E-state index < -0.39 is 11.6 Å². The van der Waals surface area contributed by atoms with Crippen LogP contribution in [0.5, 0.6) is 5.75 Å². The number of halogens is 1. The number of benzene rings is 2. The van der Waals surface area contributed by atoms with E-state index in [4.69, 9.17) is 30.2 Å². The number of carbonyl (C=O) groups is 1. The maximum atomic E-state index is 12.2. The van der Waals surface area contributed by atoms with E-state index in [1.807, 2.05) is 24.3 Å². The summed E-state index contributed by atoms with van der Waals surface area (Å²) < 4.78 is 21.3. The normalized spacial score (nSPS) is 11.3. The van der Waals surface area contributed by atoms with Gasteiger partial charge in [-0.05, 0) is 35.4 Å². The summed E-state index contributed by atoms with van der Waals surface area (Å²) in [5, 5.41) is 1.09. The molecule has 7 nitrogen and oxygen atoms in total. The van der Waals surface area contributed by atoms with Gasteiger partial charge in [0.15, 0.2) is 0 Å². The number of esters is 1. The van der Waals surface area contributed by atoms with Gasteiger partial charge >= 0.3 is 11.6 Å². The number of methoxy groups -OCH3 is 2. The van der Waals surface area contributed by atoms with Gasteiger partial charge in [0.05, 0.1) is 20.5 Å². The highest BCUT2D eigenvalue weighted by molar-refractivity contribution is 6.29. The highest BCUT2D eigenvalue weighted by Crippen LogP contribution is 2.30. The van der Waals surface area contributed by atoms with Crippen molar-refractivity contribution >= 4 is 34.1 Å². The van der Waals surface area contributed by atoms with Crippen LogP contribution in [0.3, 0.4) is 0 Å². The first-order valence-corrected chi connectivity index (χ1v) is 10.6. The van der Waals surface area contributed by atoms with E-state index in [0.717, 1.165) is 16.5 Å². The van der Waals surface area contributed by atoms with Crippen LogP contribution >= 0.6 is 11.6 Å². The number of aromatic nitrogens is 1. The van der Waals surface area contributed by atoms with E-state index in [-0.39, 0.29) is 12.2 Å². The van der Waals surface area contributed by atoms with Crippen LogP contribution in [0.25, 0.3) is 27.7 Å². The van der Waals surface area contributed by atoms with E-state index in [0.29, 0.717) is 27.6 Å². The third-order valence-electron chi connectivity index (χ3n) is 5.10. The van der Waals surface area contributed by atoms with Crippen molar-refractivity contribution in [2.75, 3.05) is 14.2 Å². The second-order valence-electron chi connectivity index (χ2n) is 7.21. The summed E-state index contributed by atoms with van der Waals surface area (Å²) in [5.41, 5.74) is 2.95. The van der Waals surface area contributed by atoms with Gasteiger partial charge in [-0.2, -0.15) is 0 Å². The smallest absolute Gasteiger partial charge is 0.341 e. The molecule has 0 unspecified atom stereocenters. The van der Waals surface area contributed by atoms with E-state index in [1.165, 1.54) is 26.5 Å². The zero-order valence-electron chi connectivity index (χ0n) is 18.4. The van der Waals surface area contributed by atoms with Crippen LogP contribution in [0.2, 0.25) is 5.15 Å². The summed E-state index contributed by atoms with van der Waals surface area (Å²) in [7, 11) is 2.77. The molecule has 0 aliphatic rings. The van der Waals surface area contributed by atoms with E-state index in [1.54, 1.807) is 36.5 Å². The molecule has 0 aliphatic carbocycles. The van der Waals surface area contributed by atoms with Gasteiger partial charge < -0.3 is 18.6 Å². The molecule has 34 heavy (non-hydrogen) atoms. The van der Waals surface area contributed by atoms with Gasteiger partial charge in [-0.3, -0.25) is 0 Å². The van der Waals surface area contributed by atoms with Crippen molar-refractivity contribution in [3.05, 3.63) is 99.8 Å². The fourth-order valence-electron chi connectivity index (χ4n) is 3.53. The van der Waals surface area contributed by atoms with Crippen LogP contribution in [-0.2, 0) is 20.9 Å². The summed E-state index contributed by atoms with van der Waals surface area (Å²) in [4.78, 5) is 28.5. The molecular weight excluding hydrogens is 458 g/mol. The van der Waals surface area contributed by atoms with E-state index in [2.05, 4.69) is 4.98 Å². The topological polar surface area (TPSA) is 87.9 Å². The van der Waals surface area contributed by atoms with Gasteiger partial charge in [0, 0.05) is 34.8 Å². The Bertz CT molecular complexity index is 1430. The van der Waals surface area contributed by atoms with Gasteiger partial charge in [-0.1, -0.05) is 35.9 Å². The minimum Gasteiger partial charge on any atom is -0.503 e. The maximum absolute atomic E-state index is 12.2. The molecule has 0 saturated carbocycles. The molecule has 0 bridgehead atoms. The van der Waals surface area contributed by atoms with Gasteiger partial charge in [0.1, 0.15) is 28.7 Å². The summed E-state index contributed by atoms with van der Waals surface area (Å²) in [6.07, 6.45) is 2.94. The molecule has 2 aromatic carbocycles. The van der Waals surface area contributed by atoms with Gasteiger partial charge in [-0.15, -0.1) is 0 Å². The van der Waals surface area contributed by atoms with Crippen LogP contribution in [-0.4, -0.2) is 25.2 Å². The lowest BCUT2D eigenvalue weighted by Crippen LogP contribution is -2.08. The number of nitrogens with zero attached hydrogens (tertiary/aromatic N) is 1. The zero-order chi connectivity index (χ0) is 24.1. The number of rotatable bonds is 7. The Morgan fingerprint density at radius 3 is 2.65 bits per heavy atom. The van der Waals surface area contributed by atoms with Crippen LogP contribution in [0.4, 0.5) is 0 Å². The first kappa shape index (κ1) is 23.1. The molecule has 2 heterocycles. The lowest BCUT2D eigenvalue weighted by atomic mass is 10.0. The molecule has 8 heteroatoms. The Balaban J connectivity index is 1.65. The Morgan fingerprint density at radius 1 is 1.09 bits per heavy atom. The lowest BCUT2D eigenvalue weighted by Gasteiger charge is -2.13. The molecule has 2 aromatic heterocycles. The van der Waals surface area contributed by atoms with Crippen molar-refractivity contribution in [3.8, 4) is 16.9 Å².